The van der Waals surface area contributed by atoms with E-state index in [4.69, 9.17) is 10.5 Å². The zero-order valence-corrected chi connectivity index (χ0v) is 15.9. The Kier molecular flexibility index (Phi) is 7.42. The smallest absolute Gasteiger partial charge is 0.343 e. The Morgan fingerprint density at radius 1 is 1.24 bits per heavy atom. The van der Waals surface area contributed by atoms with Crippen LogP contribution in [0.2, 0.25) is 0 Å². The van der Waals surface area contributed by atoms with Crippen molar-refractivity contribution in [1.29, 1.82) is 0 Å². The number of nitro benzene ring substituents is 1. The molecule has 0 radical (unpaired) electrons. The van der Waals surface area contributed by atoms with Gasteiger partial charge in [-0.1, -0.05) is 11.8 Å². The van der Waals surface area contributed by atoms with Crippen LogP contribution in [0.1, 0.15) is 27.6 Å². The molecule has 29 heavy (non-hydrogen) atoms. The van der Waals surface area contributed by atoms with Crippen LogP contribution in [0.3, 0.4) is 0 Å². The Morgan fingerprint density at radius 2 is 1.93 bits per heavy atom. The molecule has 0 aliphatic rings. The van der Waals surface area contributed by atoms with Crippen LogP contribution in [-0.4, -0.2) is 45.0 Å². The van der Waals surface area contributed by atoms with Crippen LogP contribution in [0.5, 0.6) is 0 Å². The average Bonchev–Trinajstić information content (AvgIpc) is 2.70. The van der Waals surface area contributed by atoms with Gasteiger partial charge in [0, 0.05) is 23.9 Å². The molecule has 0 bridgehead atoms. The predicted octanol–water partition coefficient (Wildman–Crippen LogP) is 0.697. The summed E-state index contributed by atoms with van der Waals surface area (Å²) in [6.07, 6.45) is 1.21. The summed E-state index contributed by atoms with van der Waals surface area (Å²) in [5.41, 5.74) is 10.1. The fourth-order valence-corrected chi connectivity index (χ4v) is 2.54. The van der Waals surface area contributed by atoms with Gasteiger partial charge in [-0.3, -0.25) is 30.6 Å². The number of esters is 1. The summed E-state index contributed by atoms with van der Waals surface area (Å²) in [4.78, 5) is 53.2. The van der Waals surface area contributed by atoms with Crippen molar-refractivity contribution in [3.63, 3.8) is 0 Å². The number of nitrogens with zero attached hydrogens (tertiary/aromatic N) is 3. The van der Waals surface area contributed by atoms with Crippen molar-refractivity contribution in [2.75, 3.05) is 18.1 Å². The number of nitrogens with two attached hydrogens (primary N) is 1. The fourth-order valence-electron chi connectivity index (χ4n) is 1.91. The molecule has 1 heterocycles. The molecule has 152 valence electrons. The van der Waals surface area contributed by atoms with Gasteiger partial charge in [-0.25, -0.2) is 14.8 Å². The molecule has 0 saturated heterocycles. The fraction of sp³-hybridized carbons (Fsp3) is 0.188. The third-order valence-corrected chi connectivity index (χ3v) is 4.14. The lowest BCUT2D eigenvalue weighted by molar-refractivity contribution is -0.384. The number of ether oxygens (including phenoxy) is 1. The zero-order chi connectivity index (χ0) is 21.4. The number of amides is 2. The van der Waals surface area contributed by atoms with Crippen molar-refractivity contribution < 1.29 is 24.0 Å². The molecule has 0 atom stereocenters. The van der Waals surface area contributed by atoms with Gasteiger partial charge in [0.25, 0.3) is 11.6 Å². The van der Waals surface area contributed by atoms with Gasteiger partial charge in [-0.05, 0) is 19.1 Å². The molecular weight excluding hydrogens is 404 g/mol. The summed E-state index contributed by atoms with van der Waals surface area (Å²) in [6, 6.07) is 4.87. The number of thioether (sulfide) groups is 1. The Morgan fingerprint density at radius 3 is 2.52 bits per heavy atom. The number of nitrogen functional groups attached to an aromatic ring is 1. The molecule has 13 heteroatoms. The van der Waals surface area contributed by atoms with Crippen molar-refractivity contribution in [2.45, 2.75) is 12.1 Å². The first-order valence-electron chi connectivity index (χ1n) is 8.08. The molecule has 0 unspecified atom stereocenters. The summed E-state index contributed by atoms with van der Waals surface area (Å²) in [5.74, 6) is -2.06. The van der Waals surface area contributed by atoms with Crippen LogP contribution >= 0.6 is 11.8 Å². The molecule has 0 fully saturated rings. The maximum Gasteiger partial charge on any atom is 0.343 e. The Balaban J connectivity index is 1.83. The normalized spacial score (nSPS) is 10.1. The van der Waals surface area contributed by atoms with Crippen LogP contribution in [0.15, 0.2) is 35.6 Å². The second-order valence-corrected chi connectivity index (χ2v) is 6.21. The number of hydrogen-bond acceptors (Lipinski definition) is 10. The van der Waals surface area contributed by atoms with E-state index in [0.717, 1.165) is 11.8 Å². The van der Waals surface area contributed by atoms with Gasteiger partial charge in [-0.2, -0.15) is 0 Å². The summed E-state index contributed by atoms with van der Waals surface area (Å²) in [5, 5.41) is 10.8. The molecular formula is C16H16N6O6S. The Hall–Kier alpha value is -3.74. The summed E-state index contributed by atoms with van der Waals surface area (Å²) >= 11 is 0.936. The number of non-ortho nitro benzene ring substituents is 1. The highest BCUT2D eigenvalue weighted by atomic mass is 32.2. The van der Waals surface area contributed by atoms with Gasteiger partial charge in [-0.15, -0.1) is 0 Å². The van der Waals surface area contributed by atoms with Gasteiger partial charge in [0.2, 0.25) is 5.91 Å². The minimum Gasteiger partial charge on any atom is -0.462 e. The van der Waals surface area contributed by atoms with Crippen LogP contribution in [-0.2, 0) is 9.53 Å². The highest BCUT2D eigenvalue weighted by Gasteiger charge is 2.15. The number of benzene rings is 1. The molecule has 1 aromatic heterocycles. The third kappa shape index (κ3) is 6.14. The van der Waals surface area contributed by atoms with Crippen molar-refractivity contribution in [3.05, 3.63) is 51.7 Å². The number of hydrazine groups is 1. The van der Waals surface area contributed by atoms with Gasteiger partial charge in [0.15, 0.2) is 5.16 Å². The molecule has 12 nitrogen and oxygen atoms in total. The third-order valence-electron chi connectivity index (χ3n) is 3.28. The van der Waals surface area contributed by atoms with Crippen molar-refractivity contribution in [1.82, 2.24) is 20.8 Å². The van der Waals surface area contributed by atoms with E-state index in [9.17, 15) is 24.5 Å². The Bertz CT molecular complexity index is 936. The second kappa shape index (κ2) is 9.98. The number of anilines is 1. The highest BCUT2D eigenvalue weighted by molar-refractivity contribution is 7.99. The van der Waals surface area contributed by atoms with E-state index in [-0.39, 0.29) is 40.1 Å². The quantitative estimate of drug-likeness (QED) is 0.190. The van der Waals surface area contributed by atoms with Crippen LogP contribution < -0.4 is 16.6 Å². The van der Waals surface area contributed by atoms with Gasteiger partial charge >= 0.3 is 5.97 Å². The monoisotopic (exact) mass is 420 g/mol. The number of carbonyl (C=O) groups is 3. The molecule has 2 aromatic rings. The number of nitro groups is 1. The number of rotatable bonds is 7. The molecule has 0 aliphatic heterocycles. The first-order valence-corrected chi connectivity index (χ1v) is 9.06. The lowest BCUT2D eigenvalue weighted by atomic mass is 10.2. The van der Waals surface area contributed by atoms with E-state index in [0.29, 0.717) is 0 Å². The van der Waals surface area contributed by atoms with E-state index in [1.165, 1.54) is 30.5 Å². The maximum absolute atomic E-state index is 11.9. The van der Waals surface area contributed by atoms with E-state index < -0.39 is 22.7 Å². The number of hydrogen-bond donors (Lipinski definition) is 3. The molecule has 4 N–H and O–H groups in total. The van der Waals surface area contributed by atoms with E-state index in [1.54, 1.807) is 6.92 Å². The summed E-state index contributed by atoms with van der Waals surface area (Å²) in [7, 11) is 0. The topological polar surface area (TPSA) is 179 Å². The van der Waals surface area contributed by atoms with Crippen LogP contribution in [0, 0.1) is 10.1 Å². The van der Waals surface area contributed by atoms with Gasteiger partial charge in [0.1, 0.15) is 11.4 Å². The van der Waals surface area contributed by atoms with E-state index >= 15 is 0 Å². The Labute approximate surface area is 168 Å². The lowest BCUT2D eigenvalue weighted by Crippen LogP contribution is -2.42. The number of carbonyl (C=O) groups excluding carboxylic acids is 3. The minimum atomic E-state index is -0.645. The van der Waals surface area contributed by atoms with Gasteiger partial charge < -0.3 is 10.5 Å². The van der Waals surface area contributed by atoms with Gasteiger partial charge in [0.05, 0.1) is 17.3 Å². The lowest BCUT2D eigenvalue weighted by Gasteiger charge is -2.08. The summed E-state index contributed by atoms with van der Waals surface area (Å²) in [6.45, 7) is 1.83. The molecule has 2 rings (SSSR count). The largest absolute Gasteiger partial charge is 0.462 e. The predicted molar refractivity (Wildman–Crippen MR) is 102 cm³/mol. The number of nitrogens with one attached hydrogen (secondary N) is 2. The first kappa shape index (κ1) is 21.6. The van der Waals surface area contributed by atoms with Crippen molar-refractivity contribution in [2.24, 2.45) is 0 Å². The maximum atomic E-state index is 11.9. The summed E-state index contributed by atoms with van der Waals surface area (Å²) < 4.78 is 4.81. The van der Waals surface area contributed by atoms with E-state index in [2.05, 4.69) is 20.8 Å². The zero-order valence-electron chi connectivity index (χ0n) is 15.1. The molecule has 0 spiro atoms. The first-order chi connectivity index (χ1) is 13.8. The molecule has 0 saturated carbocycles. The highest BCUT2D eigenvalue weighted by Crippen LogP contribution is 2.17. The number of aromatic nitrogens is 2. The van der Waals surface area contributed by atoms with Crippen molar-refractivity contribution in [3.8, 4) is 0 Å². The average molecular weight is 420 g/mol. The minimum absolute atomic E-state index is 0.0241. The van der Waals surface area contributed by atoms with Crippen LogP contribution in [0.25, 0.3) is 0 Å². The van der Waals surface area contributed by atoms with E-state index in [1.807, 2.05) is 0 Å². The second-order valence-electron chi connectivity index (χ2n) is 5.27. The van der Waals surface area contributed by atoms with Crippen LogP contribution in [0.4, 0.5) is 11.5 Å². The molecule has 1 aromatic carbocycles. The molecule has 2 amide bonds. The SMILES string of the molecule is CCOC(=O)c1cnc(SCC(=O)NNC(=O)c2ccc([N+](=O)[O-])cc2)nc1N. The van der Waals surface area contributed by atoms with Crippen molar-refractivity contribution >= 4 is 41.1 Å². The molecule has 0 aliphatic carbocycles. The standard InChI is InChI=1S/C16H16N6O6S/c1-2-28-15(25)11-7-18-16(19-13(11)17)29-8-12(23)20-21-14(24)9-3-5-10(6-4-9)22(26)27/h3-7H,2,8H2,1H3,(H,20,23)(H,21,24)(H2,17,18,19).